The molecule has 0 saturated heterocycles. The third-order valence-corrected chi connectivity index (χ3v) is 6.72. The number of benzene rings is 2. The Morgan fingerprint density at radius 2 is 1.52 bits per heavy atom. The second kappa shape index (κ2) is 8.34. The van der Waals surface area contributed by atoms with E-state index in [1.807, 2.05) is 0 Å². The number of rotatable bonds is 6. The van der Waals surface area contributed by atoms with Crippen molar-refractivity contribution in [2.45, 2.75) is 43.4 Å². The molecule has 0 atom stereocenters. The van der Waals surface area contributed by atoms with E-state index in [9.17, 15) is 23.1 Å². The van der Waals surface area contributed by atoms with E-state index >= 15 is 0 Å². The summed E-state index contributed by atoms with van der Waals surface area (Å²) in [5, 5.41) is 0. The van der Waals surface area contributed by atoms with Crippen molar-refractivity contribution in [1.29, 1.82) is 0 Å². The molecule has 0 heterocycles. The van der Waals surface area contributed by atoms with Gasteiger partial charge in [-0.15, -0.1) is 0 Å². The Morgan fingerprint density at radius 3 is 2.00 bits per heavy atom. The summed E-state index contributed by atoms with van der Waals surface area (Å²) in [6.07, 6.45) is 0. The highest BCUT2D eigenvalue weighted by Crippen LogP contribution is 2.54. The zero-order chi connectivity index (χ0) is 20.5. The molecule has 0 N–H and O–H groups in total. The van der Waals surface area contributed by atoms with Gasteiger partial charge in [-0.3, -0.25) is 0 Å². The molecule has 0 bridgehead atoms. The summed E-state index contributed by atoms with van der Waals surface area (Å²) in [4.78, 5) is 21.6. The molecule has 0 amide bonds. The van der Waals surface area contributed by atoms with Crippen LogP contribution < -0.4 is 9.79 Å². The molecule has 0 fully saturated rings. The zero-order valence-electron chi connectivity index (χ0n) is 15.2. The minimum absolute atomic E-state index is 0.0907. The summed E-state index contributed by atoms with van der Waals surface area (Å²) >= 11 is 4.56. The van der Waals surface area contributed by atoms with E-state index in [-0.39, 0.29) is 9.89 Å². The van der Waals surface area contributed by atoms with Crippen molar-refractivity contribution in [3.63, 3.8) is 0 Å². The number of halogens is 3. The average Bonchev–Trinajstić information content (AvgIpc) is 2.53. The molecule has 0 unspecified atom stereocenters. The lowest BCUT2D eigenvalue weighted by molar-refractivity contribution is -0.335. The van der Waals surface area contributed by atoms with Gasteiger partial charge in [-0.25, -0.2) is 0 Å². The van der Waals surface area contributed by atoms with Gasteiger partial charge in [-0.2, -0.15) is 20.5 Å². The fraction of sp³-hybridized carbons (Fsp3) is 0.368. The highest BCUT2D eigenvalue weighted by molar-refractivity contribution is 9.10. The van der Waals surface area contributed by atoms with Gasteiger partial charge in [0.2, 0.25) is 0 Å². The summed E-state index contributed by atoms with van der Waals surface area (Å²) in [5.41, 5.74) is -2.00. The molecule has 27 heavy (non-hydrogen) atoms. The predicted molar refractivity (Wildman–Crippen MR) is 106 cm³/mol. The fourth-order valence-corrected chi connectivity index (χ4v) is 4.69. The Labute approximate surface area is 170 Å². The minimum Gasteiger partial charge on any atom is -0.806 e. The maximum atomic E-state index is 13.7. The van der Waals surface area contributed by atoms with Crippen LogP contribution in [0.2, 0.25) is 0 Å². The zero-order valence-corrected chi connectivity index (χ0v) is 18.5. The van der Waals surface area contributed by atoms with Crippen LogP contribution in [-0.2, 0) is 27.1 Å². The number of alkyl halides is 2. The molecular weight excluding hydrogens is 457 g/mol. The number of hydrogen-bond acceptors (Lipinski definition) is 4. The van der Waals surface area contributed by atoms with Crippen LogP contribution in [0, 0.1) is 0 Å². The molecular formula is C19H20BrF2O3PS-2. The van der Waals surface area contributed by atoms with Gasteiger partial charge in [0, 0.05) is 29.1 Å². The van der Waals surface area contributed by atoms with Crippen molar-refractivity contribution in [1.82, 2.24) is 0 Å². The van der Waals surface area contributed by atoms with Crippen molar-refractivity contribution < 1.29 is 23.1 Å². The van der Waals surface area contributed by atoms with E-state index in [1.165, 1.54) is 17.7 Å². The first-order chi connectivity index (χ1) is 12.3. The Hall–Kier alpha value is -0.720. The summed E-state index contributed by atoms with van der Waals surface area (Å²) in [5.74, 6) is 1.33. The Bertz CT molecular complexity index is 845. The molecule has 3 nitrogen and oxygen atoms in total. The lowest BCUT2D eigenvalue weighted by Gasteiger charge is -2.38. The highest BCUT2D eigenvalue weighted by Gasteiger charge is 2.37. The Balaban J connectivity index is 2.01. The van der Waals surface area contributed by atoms with Crippen LogP contribution in [0.25, 0.3) is 0 Å². The van der Waals surface area contributed by atoms with Crippen molar-refractivity contribution in [2.75, 3.05) is 0 Å². The summed E-state index contributed by atoms with van der Waals surface area (Å²) in [6.45, 7) is 6.46. The Kier molecular flexibility index (Phi) is 6.97. The molecule has 0 aromatic heterocycles. The van der Waals surface area contributed by atoms with Crippen molar-refractivity contribution in [3.8, 4) is 0 Å². The number of hydrogen-bond donors (Lipinski definition) is 0. The first-order valence-electron chi connectivity index (χ1n) is 8.18. The van der Waals surface area contributed by atoms with Crippen LogP contribution in [0.4, 0.5) is 8.78 Å². The van der Waals surface area contributed by atoms with Crippen LogP contribution in [0.5, 0.6) is 0 Å². The molecule has 0 aliphatic carbocycles. The fourth-order valence-electron chi connectivity index (χ4n) is 2.43. The molecule has 8 heteroatoms. The second-order valence-corrected chi connectivity index (χ2v) is 10.7. The van der Waals surface area contributed by atoms with Crippen LogP contribution >= 0.6 is 35.3 Å². The molecule has 0 spiro atoms. The van der Waals surface area contributed by atoms with Gasteiger partial charge < -0.3 is 14.4 Å². The van der Waals surface area contributed by atoms with Crippen molar-refractivity contribution >= 4 is 35.3 Å². The summed E-state index contributed by atoms with van der Waals surface area (Å²) in [6, 6.07) is 12.2. The SMILES string of the molecule is CC(C)(C)c1ccc(CSCc2ccc(C(F)(F)P(=O)([O-])[O-])c(Br)c2)cc1. The molecule has 2 rings (SSSR count). The van der Waals surface area contributed by atoms with E-state index in [1.54, 1.807) is 11.8 Å². The van der Waals surface area contributed by atoms with E-state index in [0.717, 1.165) is 22.9 Å². The van der Waals surface area contributed by atoms with Gasteiger partial charge in [0.1, 0.15) is 0 Å². The van der Waals surface area contributed by atoms with Crippen LogP contribution in [0.1, 0.15) is 43.0 Å². The first kappa shape index (κ1) is 22.6. The maximum Gasteiger partial charge on any atom is 0.297 e. The second-order valence-electron chi connectivity index (χ2n) is 7.29. The van der Waals surface area contributed by atoms with Gasteiger partial charge in [0.05, 0.1) is 0 Å². The molecule has 2 aromatic rings. The van der Waals surface area contributed by atoms with Gasteiger partial charge in [-0.1, -0.05) is 73.1 Å². The van der Waals surface area contributed by atoms with E-state index in [4.69, 9.17) is 0 Å². The predicted octanol–water partition coefficient (Wildman–Crippen LogP) is 5.14. The number of thioether (sulfide) groups is 1. The van der Waals surface area contributed by atoms with Crippen LogP contribution in [0.3, 0.4) is 0 Å². The van der Waals surface area contributed by atoms with Gasteiger partial charge >= 0.3 is 0 Å². The summed E-state index contributed by atoms with van der Waals surface area (Å²) < 4.78 is 38.2. The smallest absolute Gasteiger partial charge is 0.297 e. The van der Waals surface area contributed by atoms with Crippen molar-refractivity contribution in [2.24, 2.45) is 0 Å². The summed E-state index contributed by atoms with van der Waals surface area (Å²) in [7, 11) is -6.08. The molecule has 0 aliphatic rings. The van der Waals surface area contributed by atoms with E-state index in [0.29, 0.717) is 5.75 Å². The maximum absolute atomic E-state index is 13.7. The minimum atomic E-state index is -6.08. The van der Waals surface area contributed by atoms with Crippen LogP contribution in [0.15, 0.2) is 46.9 Å². The largest absolute Gasteiger partial charge is 0.806 e. The Morgan fingerprint density at radius 1 is 1.00 bits per heavy atom. The quantitative estimate of drug-likeness (QED) is 0.541. The third kappa shape index (κ3) is 5.64. The lowest BCUT2D eigenvalue weighted by Crippen LogP contribution is -2.30. The molecule has 0 radical (unpaired) electrons. The van der Waals surface area contributed by atoms with Crippen LogP contribution in [-0.4, -0.2) is 0 Å². The molecule has 0 aliphatic heterocycles. The van der Waals surface area contributed by atoms with Gasteiger partial charge in [0.25, 0.3) is 5.66 Å². The third-order valence-electron chi connectivity index (χ3n) is 4.06. The lowest BCUT2D eigenvalue weighted by atomic mass is 9.87. The standard InChI is InChI=1S/C19H22BrF2O3PS/c1-18(2,3)15-7-4-13(5-8-15)11-27-12-14-6-9-16(17(20)10-14)19(21,22)26(23,24)25/h4-10H,11-12H2,1-3H3,(H2,23,24,25)/p-2. The first-order valence-corrected chi connectivity index (χ1v) is 11.7. The molecule has 148 valence electrons. The van der Waals surface area contributed by atoms with Gasteiger partial charge in [0.15, 0.2) is 0 Å². The van der Waals surface area contributed by atoms with E-state index in [2.05, 4.69) is 61.0 Å². The van der Waals surface area contributed by atoms with Gasteiger partial charge in [-0.05, 0) is 28.2 Å². The average molecular weight is 477 g/mol. The topological polar surface area (TPSA) is 63.2 Å². The monoisotopic (exact) mass is 476 g/mol. The molecule has 2 aromatic carbocycles. The highest BCUT2D eigenvalue weighted by atomic mass is 79.9. The molecule has 0 saturated carbocycles. The van der Waals surface area contributed by atoms with E-state index < -0.39 is 18.8 Å². The van der Waals surface area contributed by atoms with Crippen molar-refractivity contribution in [3.05, 3.63) is 69.2 Å². The normalized spacial score (nSPS) is 13.0.